The van der Waals surface area contributed by atoms with Crippen LogP contribution in [-0.2, 0) is 0 Å². The summed E-state index contributed by atoms with van der Waals surface area (Å²) in [6.07, 6.45) is 4.79. The molecule has 154 valence electrons. The Morgan fingerprint density at radius 2 is 1.90 bits per heavy atom. The van der Waals surface area contributed by atoms with Crippen molar-refractivity contribution in [2.45, 2.75) is 51.5 Å². The van der Waals surface area contributed by atoms with Crippen molar-refractivity contribution in [2.75, 3.05) is 5.32 Å². The molecule has 9 heteroatoms. The fourth-order valence-corrected chi connectivity index (χ4v) is 3.59. The van der Waals surface area contributed by atoms with E-state index in [1.54, 1.807) is 31.2 Å². The van der Waals surface area contributed by atoms with E-state index in [1.807, 2.05) is 6.07 Å². The molecule has 29 heavy (non-hydrogen) atoms. The van der Waals surface area contributed by atoms with Gasteiger partial charge in [0, 0.05) is 11.7 Å². The first-order chi connectivity index (χ1) is 14.0. The van der Waals surface area contributed by atoms with E-state index in [-0.39, 0.29) is 23.7 Å². The van der Waals surface area contributed by atoms with Gasteiger partial charge in [-0.1, -0.05) is 44.4 Å². The van der Waals surface area contributed by atoms with Gasteiger partial charge in [-0.25, -0.2) is 15.0 Å². The first-order valence-electron chi connectivity index (χ1n) is 9.78. The summed E-state index contributed by atoms with van der Waals surface area (Å²) in [6.45, 7) is 1.74. The zero-order valence-corrected chi connectivity index (χ0v) is 16.3. The molecule has 0 bridgehead atoms. The molecule has 1 aliphatic rings. The van der Waals surface area contributed by atoms with Gasteiger partial charge in [-0.05, 0) is 31.4 Å². The van der Waals surface area contributed by atoms with Crippen molar-refractivity contribution in [1.82, 2.24) is 15.0 Å². The molecule has 1 aliphatic carbocycles. The van der Waals surface area contributed by atoms with Gasteiger partial charge in [0.2, 0.25) is 5.88 Å². The van der Waals surface area contributed by atoms with Crippen LogP contribution in [0.1, 0.15) is 57.1 Å². The Labute approximate surface area is 167 Å². The van der Waals surface area contributed by atoms with E-state index < -0.39 is 23.2 Å². The molecule has 2 amide bonds. The number of carbonyl (C=O) groups excluding carboxylic acids is 1. The predicted octanol–water partition coefficient (Wildman–Crippen LogP) is 2.68. The van der Waals surface area contributed by atoms with E-state index >= 15 is 0 Å². The Morgan fingerprint density at radius 3 is 2.55 bits per heavy atom. The summed E-state index contributed by atoms with van der Waals surface area (Å²) in [7, 11) is 0. The molecule has 0 aliphatic heterocycles. The van der Waals surface area contributed by atoms with E-state index in [0.717, 1.165) is 32.1 Å². The topological polar surface area (TPSA) is 129 Å². The van der Waals surface area contributed by atoms with Gasteiger partial charge in [0.25, 0.3) is 5.56 Å². The molecular weight excluding hydrogens is 374 g/mol. The minimum absolute atomic E-state index is 0.0994. The second kappa shape index (κ2) is 9.22. The molecule has 9 nitrogen and oxygen atoms in total. The van der Waals surface area contributed by atoms with Crippen LogP contribution in [0, 0.1) is 0 Å². The molecule has 1 heterocycles. The van der Waals surface area contributed by atoms with Crippen molar-refractivity contribution in [1.29, 1.82) is 0 Å². The number of rotatable bonds is 5. The van der Waals surface area contributed by atoms with Crippen LogP contribution in [0.25, 0.3) is 0 Å². The quantitative estimate of drug-likeness (QED) is 0.455. The standard InChI is InChI=1S/C20H25N5O4/c1-2-15(23-24-19(28)21-13-9-5-3-6-10-13)16-17(26)22-20(29)25(18(16)27)14-11-7-4-8-12-14/h3,5-6,9-10,14,27H,2,4,7-8,11-12H2,1H3,(H2,21,24,28)(H,22,26,29)/b23-15+. The van der Waals surface area contributed by atoms with Crippen LogP contribution in [0.15, 0.2) is 45.0 Å². The minimum Gasteiger partial charge on any atom is -0.494 e. The third-order valence-electron chi connectivity index (χ3n) is 5.01. The lowest BCUT2D eigenvalue weighted by molar-refractivity contribution is 0.252. The molecule has 0 unspecified atom stereocenters. The summed E-state index contributed by atoms with van der Waals surface area (Å²) in [5.74, 6) is -0.406. The smallest absolute Gasteiger partial charge is 0.339 e. The lowest BCUT2D eigenvalue weighted by atomic mass is 9.95. The van der Waals surface area contributed by atoms with Crippen LogP contribution < -0.4 is 22.0 Å². The number of urea groups is 1. The summed E-state index contributed by atoms with van der Waals surface area (Å²) < 4.78 is 1.24. The fraction of sp³-hybridized carbons (Fsp3) is 0.400. The monoisotopic (exact) mass is 399 g/mol. The zero-order chi connectivity index (χ0) is 20.8. The first-order valence-corrected chi connectivity index (χ1v) is 9.78. The number of amides is 2. The van der Waals surface area contributed by atoms with Crippen LogP contribution in [0.3, 0.4) is 0 Å². The molecule has 1 aromatic carbocycles. The average molecular weight is 399 g/mol. The number of para-hydroxylation sites is 1. The zero-order valence-electron chi connectivity index (χ0n) is 16.3. The molecule has 3 rings (SSSR count). The molecule has 1 aromatic heterocycles. The number of aromatic nitrogens is 2. The maximum absolute atomic E-state index is 12.4. The Hall–Kier alpha value is -3.36. The molecule has 0 radical (unpaired) electrons. The number of aromatic hydroxyl groups is 1. The van der Waals surface area contributed by atoms with Gasteiger partial charge in [0.05, 0.1) is 5.71 Å². The molecule has 2 aromatic rings. The van der Waals surface area contributed by atoms with Gasteiger partial charge < -0.3 is 10.4 Å². The van der Waals surface area contributed by atoms with Crippen molar-refractivity contribution in [2.24, 2.45) is 5.10 Å². The van der Waals surface area contributed by atoms with Gasteiger partial charge in [0.1, 0.15) is 5.56 Å². The number of carbonyl (C=O) groups is 1. The Kier molecular flexibility index (Phi) is 6.48. The van der Waals surface area contributed by atoms with Crippen molar-refractivity contribution in [3.8, 4) is 5.88 Å². The number of benzene rings is 1. The summed E-state index contributed by atoms with van der Waals surface area (Å²) >= 11 is 0. The van der Waals surface area contributed by atoms with Crippen molar-refractivity contribution < 1.29 is 9.90 Å². The molecule has 0 spiro atoms. The van der Waals surface area contributed by atoms with Gasteiger partial charge in [0.15, 0.2) is 0 Å². The lowest BCUT2D eigenvalue weighted by Gasteiger charge is -2.25. The normalized spacial score (nSPS) is 15.1. The highest BCUT2D eigenvalue weighted by Gasteiger charge is 2.24. The average Bonchev–Trinajstić information content (AvgIpc) is 2.71. The highest BCUT2D eigenvalue weighted by atomic mass is 16.3. The van der Waals surface area contributed by atoms with Crippen LogP contribution in [0.2, 0.25) is 0 Å². The highest BCUT2D eigenvalue weighted by molar-refractivity contribution is 6.02. The molecule has 4 N–H and O–H groups in total. The minimum atomic E-state index is -0.731. The summed E-state index contributed by atoms with van der Waals surface area (Å²) in [5.41, 5.74) is 1.64. The number of nitrogens with one attached hydrogen (secondary N) is 3. The largest absolute Gasteiger partial charge is 0.494 e. The number of hydrogen-bond donors (Lipinski definition) is 4. The first kappa shape index (κ1) is 20.4. The number of anilines is 1. The SMILES string of the molecule is CC/C(=N\NC(=O)Nc1ccccc1)c1c(O)n(C2CCCCC2)c(=O)[nH]c1=O. The predicted molar refractivity (Wildman–Crippen MR) is 111 cm³/mol. The van der Waals surface area contributed by atoms with Crippen molar-refractivity contribution in [3.63, 3.8) is 0 Å². The Bertz CT molecular complexity index is 1000. The van der Waals surface area contributed by atoms with Crippen LogP contribution in [-0.4, -0.2) is 26.4 Å². The second-order valence-corrected chi connectivity index (χ2v) is 6.96. The van der Waals surface area contributed by atoms with Crippen LogP contribution in [0.5, 0.6) is 5.88 Å². The number of H-pyrrole nitrogens is 1. The van der Waals surface area contributed by atoms with E-state index in [9.17, 15) is 19.5 Å². The van der Waals surface area contributed by atoms with Crippen LogP contribution >= 0.6 is 0 Å². The number of hydrogen-bond acceptors (Lipinski definition) is 5. The number of hydrazone groups is 1. The fourth-order valence-electron chi connectivity index (χ4n) is 3.59. The Balaban J connectivity index is 1.88. The number of nitrogens with zero attached hydrogens (tertiary/aromatic N) is 2. The Morgan fingerprint density at radius 1 is 1.21 bits per heavy atom. The molecule has 0 saturated heterocycles. The van der Waals surface area contributed by atoms with Crippen molar-refractivity contribution in [3.05, 3.63) is 56.7 Å². The lowest BCUT2D eigenvalue weighted by Crippen LogP contribution is -2.37. The third-order valence-corrected chi connectivity index (χ3v) is 5.01. The van der Waals surface area contributed by atoms with E-state index in [0.29, 0.717) is 5.69 Å². The van der Waals surface area contributed by atoms with Gasteiger partial charge in [-0.15, -0.1) is 0 Å². The molecule has 1 saturated carbocycles. The van der Waals surface area contributed by atoms with E-state index in [1.165, 1.54) is 4.57 Å². The summed E-state index contributed by atoms with van der Waals surface area (Å²) in [5, 5.41) is 17.4. The summed E-state index contributed by atoms with van der Waals surface area (Å²) in [4.78, 5) is 39.1. The number of aromatic amines is 1. The van der Waals surface area contributed by atoms with Gasteiger partial charge in [-0.2, -0.15) is 5.10 Å². The maximum Gasteiger partial charge on any atom is 0.339 e. The van der Waals surface area contributed by atoms with Gasteiger partial charge >= 0.3 is 11.7 Å². The van der Waals surface area contributed by atoms with Crippen LogP contribution in [0.4, 0.5) is 10.5 Å². The second-order valence-electron chi connectivity index (χ2n) is 6.96. The summed E-state index contributed by atoms with van der Waals surface area (Å²) in [6, 6.07) is 8.08. The molecular formula is C20H25N5O4. The molecule has 0 atom stereocenters. The van der Waals surface area contributed by atoms with E-state index in [4.69, 9.17) is 0 Å². The third kappa shape index (κ3) is 4.74. The molecule has 1 fully saturated rings. The van der Waals surface area contributed by atoms with Gasteiger partial charge in [-0.3, -0.25) is 14.3 Å². The highest BCUT2D eigenvalue weighted by Crippen LogP contribution is 2.30. The maximum atomic E-state index is 12.4. The van der Waals surface area contributed by atoms with Crippen molar-refractivity contribution >= 4 is 17.4 Å². The van der Waals surface area contributed by atoms with E-state index in [2.05, 4.69) is 20.8 Å².